The molecule has 10 nitrogen and oxygen atoms in total. The summed E-state index contributed by atoms with van der Waals surface area (Å²) >= 11 is -0.164. The molecular formula is C18H28N2O8Te. The van der Waals surface area contributed by atoms with Crippen LogP contribution in [0.1, 0.15) is 23.3 Å². The number of hydrogen-bond donors (Lipinski definition) is 7. The average molecular weight is 528 g/mol. The molecule has 164 valence electrons. The van der Waals surface area contributed by atoms with Gasteiger partial charge in [0.2, 0.25) is 0 Å². The molecular weight excluding hydrogens is 500 g/mol. The van der Waals surface area contributed by atoms with E-state index in [4.69, 9.17) is 4.74 Å². The number of carbonyl (C=O) groups is 2. The predicted molar refractivity (Wildman–Crippen MR) is 102 cm³/mol. The van der Waals surface area contributed by atoms with Crippen LogP contribution in [0.2, 0.25) is 0 Å². The molecule has 0 spiro atoms. The molecule has 1 saturated heterocycles. The topological polar surface area (TPSA) is 169 Å². The Labute approximate surface area is 178 Å². The van der Waals surface area contributed by atoms with E-state index in [9.17, 15) is 35.1 Å². The molecule has 1 aliphatic heterocycles. The molecule has 1 unspecified atom stereocenters. The van der Waals surface area contributed by atoms with Gasteiger partial charge >= 0.3 is 156 Å². The van der Waals surface area contributed by atoms with Crippen LogP contribution in [-0.4, -0.2) is 107 Å². The number of aliphatic hydroxyl groups excluding tert-OH is 3. The number of aliphatic hydroxyl groups is 4. The van der Waals surface area contributed by atoms with E-state index in [-0.39, 0.29) is 27.0 Å². The number of amides is 1. The quantitative estimate of drug-likeness (QED) is 0.127. The van der Waals surface area contributed by atoms with Gasteiger partial charge in [0.1, 0.15) is 0 Å². The molecule has 0 bridgehead atoms. The third-order valence-corrected chi connectivity index (χ3v) is 7.40. The summed E-state index contributed by atoms with van der Waals surface area (Å²) in [6.45, 7) is 1.78. The Morgan fingerprint density at radius 3 is 2.72 bits per heavy atom. The van der Waals surface area contributed by atoms with E-state index in [0.29, 0.717) is 6.54 Å². The number of carbonyl (C=O) groups excluding carboxylic acids is 1. The Balaban J connectivity index is 1.94. The van der Waals surface area contributed by atoms with Crippen molar-refractivity contribution < 1.29 is 39.9 Å². The third kappa shape index (κ3) is 6.73. The fraction of sp³-hybridized carbons (Fsp3) is 0.667. The number of aryl methyl sites for hydroxylation is 1. The van der Waals surface area contributed by atoms with Gasteiger partial charge in [-0.25, -0.2) is 4.79 Å². The van der Waals surface area contributed by atoms with Crippen LogP contribution in [0.3, 0.4) is 0 Å². The van der Waals surface area contributed by atoms with Gasteiger partial charge in [0.25, 0.3) is 0 Å². The summed E-state index contributed by atoms with van der Waals surface area (Å²) in [4.78, 5) is 22.7. The zero-order valence-corrected chi connectivity index (χ0v) is 18.4. The molecule has 1 aliphatic rings. The van der Waals surface area contributed by atoms with Crippen LogP contribution in [0.4, 0.5) is 0 Å². The van der Waals surface area contributed by atoms with Crippen molar-refractivity contribution in [2.45, 2.75) is 62.4 Å². The first-order chi connectivity index (χ1) is 13.6. The van der Waals surface area contributed by atoms with E-state index in [1.54, 1.807) is 0 Å². The standard InChI is InChI=1S/C18H28N2O8Te/c1-10(21)20-14-12(22)8-18(27,17(25)26)28-16(14)15(24)13(23)9-19-6-2-4-11-5-3-7-29-11/h3,5,7,12-16,19,22-24,27H,2,4,6,8-9H2,1H3,(H,20,21)(H,25,26)/t12-,13+,14+,15+,16+,18?/m0/s1. The van der Waals surface area contributed by atoms with E-state index in [1.807, 2.05) is 0 Å². The summed E-state index contributed by atoms with van der Waals surface area (Å²) in [6, 6.07) is 2.99. The summed E-state index contributed by atoms with van der Waals surface area (Å²) < 4.78 is 8.79. The maximum atomic E-state index is 11.4. The minimum atomic E-state index is -2.74. The first kappa shape index (κ1) is 24.2. The van der Waals surface area contributed by atoms with Crippen LogP contribution in [-0.2, 0) is 20.7 Å². The van der Waals surface area contributed by atoms with Crippen molar-refractivity contribution in [3.8, 4) is 0 Å². The van der Waals surface area contributed by atoms with Crippen molar-refractivity contribution in [1.82, 2.24) is 10.6 Å². The Kier molecular flexibility index (Phi) is 9.06. The molecule has 6 atom stereocenters. The van der Waals surface area contributed by atoms with E-state index >= 15 is 0 Å². The maximum absolute atomic E-state index is 11.4. The van der Waals surface area contributed by atoms with Gasteiger partial charge in [-0.3, -0.25) is 4.79 Å². The Morgan fingerprint density at radius 2 is 2.14 bits per heavy atom. The van der Waals surface area contributed by atoms with Gasteiger partial charge in [0, 0.05) is 6.92 Å². The number of ether oxygens (including phenoxy) is 1. The van der Waals surface area contributed by atoms with Crippen LogP contribution in [0.15, 0.2) is 16.2 Å². The van der Waals surface area contributed by atoms with Crippen molar-refractivity contribution in [2.75, 3.05) is 13.1 Å². The van der Waals surface area contributed by atoms with E-state index in [1.165, 1.54) is 10.5 Å². The first-order valence-electron chi connectivity index (χ1n) is 9.32. The van der Waals surface area contributed by atoms with Crippen molar-refractivity contribution in [3.63, 3.8) is 0 Å². The zero-order valence-electron chi connectivity index (χ0n) is 16.0. The Bertz CT molecular complexity index is 673. The molecule has 1 aromatic heterocycles. The van der Waals surface area contributed by atoms with Gasteiger partial charge < -0.3 is 5.11 Å². The first-order valence-corrected chi connectivity index (χ1v) is 11.8. The minimum absolute atomic E-state index is 0.0105. The Morgan fingerprint density at radius 1 is 1.41 bits per heavy atom. The number of hydrogen-bond acceptors (Lipinski definition) is 8. The third-order valence-electron chi connectivity index (χ3n) is 4.73. The predicted octanol–water partition coefficient (Wildman–Crippen LogP) is -2.58. The average Bonchev–Trinajstić information content (AvgIpc) is 3.16. The molecule has 1 aromatic rings. The van der Waals surface area contributed by atoms with Crippen LogP contribution < -0.4 is 10.6 Å². The number of carboxylic acids is 1. The second-order valence-electron chi connectivity index (χ2n) is 7.11. The van der Waals surface area contributed by atoms with Crippen molar-refractivity contribution in [3.05, 3.63) is 19.8 Å². The second kappa shape index (κ2) is 10.8. The number of carboxylic acid groups (broad SMARTS) is 1. The SMILES string of the molecule is CC(=O)N[C@H]1[C@H]([C@H](O)[C@H](O)CNCCCc2ccc[te]2)OC(O)(C(=O)O)C[C@@H]1O. The molecule has 1 amide bonds. The molecule has 2 rings (SSSR count). The van der Waals surface area contributed by atoms with Gasteiger partial charge in [-0.2, -0.15) is 0 Å². The molecule has 2 heterocycles. The summed E-state index contributed by atoms with van der Waals surface area (Å²) in [5, 5.41) is 55.7. The molecule has 0 radical (unpaired) electrons. The van der Waals surface area contributed by atoms with Gasteiger partial charge in [-0.1, -0.05) is 0 Å². The van der Waals surface area contributed by atoms with E-state index in [0.717, 1.165) is 12.8 Å². The molecule has 29 heavy (non-hydrogen) atoms. The molecule has 0 aliphatic carbocycles. The van der Waals surface area contributed by atoms with E-state index < -0.39 is 54.5 Å². The molecule has 1 fully saturated rings. The van der Waals surface area contributed by atoms with Gasteiger partial charge in [0.15, 0.2) is 0 Å². The van der Waals surface area contributed by atoms with Crippen LogP contribution in [0, 0.1) is 0 Å². The normalized spacial score (nSPS) is 29.2. The second-order valence-corrected chi connectivity index (χ2v) is 10.1. The van der Waals surface area contributed by atoms with Crippen molar-refractivity contribution in [1.29, 1.82) is 0 Å². The Hall–Kier alpha value is -1.03. The van der Waals surface area contributed by atoms with Crippen LogP contribution in [0.5, 0.6) is 0 Å². The number of rotatable bonds is 10. The number of aliphatic carboxylic acids is 1. The van der Waals surface area contributed by atoms with Crippen LogP contribution in [0.25, 0.3) is 0 Å². The van der Waals surface area contributed by atoms with E-state index in [2.05, 4.69) is 26.8 Å². The molecule has 7 N–H and O–H groups in total. The molecule has 0 aromatic carbocycles. The molecule has 11 heteroatoms. The number of nitrogens with one attached hydrogen (secondary N) is 2. The molecule has 0 saturated carbocycles. The summed E-state index contributed by atoms with van der Waals surface area (Å²) in [5.41, 5.74) is 0. The summed E-state index contributed by atoms with van der Waals surface area (Å²) in [7, 11) is 0. The van der Waals surface area contributed by atoms with Crippen molar-refractivity contribution >= 4 is 32.3 Å². The monoisotopic (exact) mass is 530 g/mol. The fourth-order valence-electron chi connectivity index (χ4n) is 3.24. The summed E-state index contributed by atoms with van der Waals surface area (Å²) in [6.07, 6.45) is -4.91. The van der Waals surface area contributed by atoms with Gasteiger partial charge in [-0.05, 0) is 0 Å². The summed E-state index contributed by atoms with van der Waals surface area (Å²) in [5.74, 6) is -5.01. The zero-order chi connectivity index (χ0) is 21.6. The fourth-order valence-corrected chi connectivity index (χ4v) is 5.39. The van der Waals surface area contributed by atoms with Crippen molar-refractivity contribution in [2.24, 2.45) is 0 Å². The van der Waals surface area contributed by atoms with Crippen LogP contribution >= 0.6 is 0 Å². The van der Waals surface area contributed by atoms with Gasteiger partial charge in [0.05, 0.1) is 0 Å². The van der Waals surface area contributed by atoms with Gasteiger partial charge in [-0.15, -0.1) is 0 Å².